The summed E-state index contributed by atoms with van der Waals surface area (Å²) in [5, 5.41) is 2.26. The molecule has 1 aromatic rings. The number of carbonyl (C=O) groups excluding carboxylic acids is 2. The minimum absolute atomic E-state index is 0.0732. The van der Waals surface area contributed by atoms with Crippen molar-refractivity contribution in [2.24, 2.45) is 5.92 Å². The topological polar surface area (TPSA) is 92.8 Å². The number of benzene rings is 1. The van der Waals surface area contributed by atoms with Gasteiger partial charge in [0.2, 0.25) is 0 Å². The highest BCUT2D eigenvalue weighted by Gasteiger charge is 2.47. The first-order valence-electron chi connectivity index (χ1n) is 11.0. The lowest BCUT2D eigenvalue weighted by atomic mass is 9.98. The number of hydrogen-bond acceptors (Lipinski definition) is 5. The van der Waals surface area contributed by atoms with E-state index in [4.69, 9.17) is 4.74 Å². The van der Waals surface area contributed by atoms with Crippen LogP contribution in [0.2, 0.25) is 0 Å². The molecule has 2 saturated carbocycles. The fraction of sp³-hybridized carbons (Fsp3) is 0.565. The van der Waals surface area contributed by atoms with Crippen molar-refractivity contribution in [3.63, 3.8) is 0 Å². The number of imide groups is 1. The van der Waals surface area contributed by atoms with E-state index in [-0.39, 0.29) is 29.4 Å². The molecule has 1 atom stereocenters. The van der Waals surface area contributed by atoms with Crippen LogP contribution in [-0.2, 0) is 20.0 Å². The van der Waals surface area contributed by atoms with Crippen LogP contribution in [0.25, 0.3) is 0 Å². The summed E-state index contributed by atoms with van der Waals surface area (Å²) in [6.45, 7) is 2.70. The first kappa shape index (κ1) is 21.9. The van der Waals surface area contributed by atoms with Crippen molar-refractivity contribution in [2.75, 3.05) is 24.7 Å². The van der Waals surface area contributed by atoms with Gasteiger partial charge < -0.3 is 9.64 Å². The van der Waals surface area contributed by atoms with Crippen LogP contribution in [0.3, 0.4) is 0 Å². The van der Waals surface area contributed by atoms with Gasteiger partial charge in [-0.15, -0.1) is 0 Å². The number of rotatable bonds is 11. The summed E-state index contributed by atoms with van der Waals surface area (Å²) in [6.07, 6.45) is 8.14. The van der Waals surface area contributed by atoms with E-state index in [2.05, 4.69) is 5.32 Å². The maximum absolute atomic E-state index is 12.7. The van der Waals surface area contributed by atoms with E-state index < -0.39 is 21.9 Å². The van der Waals surface area contributed by atoms with Gasteiger partial charge in [-0.3, -0.25) is 10.1 Å². The molecular weight excluding hydrogens is 416 g/mol. The van der Waals surface area contributed by atoms with Crippen LogP contribution < -0.4 is 10.1 Å². The average molecular weight is 447 g/mol. The molecule has 1 aliphatic heterocycles. The van der Waals surface area contributed by atoms with E-state index in [1.54, 1.807) is 19.1 Å². The first-order valence-corrected chi connectivity index (χ1v) is 12.8. The van der Waals surface area contributed by atoms with E-state index >= 15 is 0 Å². The fourth-order valence-corrected chi connectivity index (χ4v) is 5.91. The Balaban J connectivity index is 1.28. The Morgan fingerprint density at radius 2 is 2.00 bits per heavy atom. The summed E-state index contributed by atoms with van der Waals surface area (Å²) in [6, 6.07) is 7.00. The third kappa shape index (κ3) is 5.47. The maximum atomic E-state index is 12.7. The molecule has 1 aromatic carbocycles. The fourth-order valence-electron chi connectivity index (χ4n) is 3.97. The molecule has 3 aliphatic rings. The van der Waals surface area contributed by atoms with Crippen LogP contribution in [0.5, 0.6) is 5.75 Å². The van der Waals surface area contributed by atoms with Gasteiger partial charge in [-0.25, -0.2) is 13.2 Å². The van der Waals surface area contributed by atoms with Crippen molar-refractivity contribution in [3.05, 3.63) is 42.0 Å². The highest BCUT2D eigenvalue weighted by molar-refractivity contribution is 7.91. The summed E-state index contributed by atoms with van der Waals surface area (Å²) in [5.74, 6) is 1.42. The Kier molecular flexibility index (Phi) is 6.10. The molecule has 31 heavy (non-hydrogen) atoms. The van der Waals surface area contributed by atoms with Crippen molar-refractivity contribution < 1.29 is 22.7 Å². The Bertz CT molecular complexity index is 979. The van der Waals surface area contributed by atoms with Crippen molar-refractivity contribution in [2.45, 2.75) is 50.5 Å². The second-order valence-corrected chi connectivity index (χ2v) is 11.2. The normalized spacial score (nSPS) is 22.7. The second-order valence-electron chi connectivity index (χ2n) is 9.04. The zero-order valence-corrected chi connectivity index (χ0v) is 18.7. The van der Waals surface area contributed by atoms with E-state index in [0.29, 0.717) is 12.3 Å². The third-order valence-electron chi connectivity index (χ3n) is 6.38. The van der Waals surface area contributed by atoms with Gasteiger partial charge >= 0.3 is 6.03 Å². The van der Waals surface area contributed by atoms with Crippen LogP contribution >= 0.6 is 0 Å². The van der Waals surface area contributed by atoms with Crippen molar-refractivity contribution in [1.82, 2.24) is 10.2 Å². The number of carbonyl (C=O) groups is 2. The zero-order valence-electron chi connectivity index (χ0n) is 17.9. The molecule has 0 aromatic heterocycles. The Morgan fingerprint density at radius 1 is 1.23 bits per heavy atom. The Labute approximate surface area is 183 Å². The van der Waals surface area contributed by atoms with Crippen LogP contribution in [0.4, 0.5) is 4.79 Å². The van der Waals surface area contributed by atoms with Crippen LogP contribution in [0, 0.1) is 5.92 Å². The quantitative estimate of drug-likeness (QED) is 0.417. The molecule has 7 nitrogen and oxygen atoms in total. The van der Waals surface area contributed by atoms with Crippen molar-refractivity contribution >= 4 is 21.8 Å². The highest BCUT2D eigenvalue weighted by atomic mass is 32.2. The van der Waals surface area contributed by atoms with E-state index in [1.807, 2.05) is 24.3 Å². The van der Waals surface area contributed by atoms with Crippen molar-refractivity contribution in [3.8, 4) is 5.75 Å². The minimum Gasteiger partial charge on any atom is -0.493 e. The lowest BCUT2D eigenvalue weighted by molar-refractivity contribution is -0.120. The molecular formula is C23H30N2O5S. The second kappa shape index (κ2) is 8.65. The lowest BCUT2D eigenvalue weighted by Crippen LogP contribution is -2.32. The van der Waals surface area contributed by atoms with Crippen LogP contribution in [0.1, 0.15) is 44.6 Å². The average Bonchev–Trinajstić information content (AvgIpc) is 3.64. The standard InChI is InChI=1S/C23H30N2O5S/c1-17-21(26)24-22(27)25(17)12-3-2-4-13-31(28,29)16-23(10-11-23)19-6-5-7-20(14-19)30-15-18-8-9-18/h2-3,5-7,14,17-18H,4,8-13,15-16H2,1H3,(H,24,26,27)/b3-2+. The third-order valence-corrected chi connectivity index (χ3v) is 8.23. The molecule has 0 radical (unpaired) electrons. The smallest absolute Gasteiger partial charge is 0.325 e. The molecule has 0 bridgehead atoms. The molecule has 1 unspecified atom stereocenters. The van der Waals surface area contributed by atoms with Gasteiger partial charge in [0.15, 0.2) is 9.84 Å². The monoisotopic (exact) mass is 446 g/mol. The van der Waals surface area contributed by atoms with Gasteiger partial charge in [0.1, 0.15) is 11.8 Å². The molecule has 4 rings (SSSR count). The number of hydrogen-bond donors (Lipinski definition) is 1. The number of urea groups is 1. The molecule has 2 aliphatic carbocycles. The highest BCUT2D eigenvalue weighted by Crippen LogP contribution is 2.50. The molecule has 3 fully saturated rings. The van der Waals surface area contributed by atoms with E-state index in [0.717, 1.165) is 30.8 Å². The van der Waals surface area contributed by atoms with Crippen molar-refractivity contribution in [1.29, 1.82) is 0 Å². The van der Waals surface area contributed by atoms with Gasteiger partial charge in [-0.05, 0) is 62.6 Å². The molecule has 0 spiro atoms. The molecule has 1 saturated heterocycles. The molecule has 168 valence electrons. The molecule has 8 heteroatoms. The first-order chi connectivity index (χ1) is 14.8. The Hall–Kier alpha value is -2.35. The number of nitrogens with one attached hydrogen (secondary N) is 1. The van der Waals surface area contributed by atoms with Gasteiger partial charge in [-0.2, -0.15) is 0 Å². The van der Waals surface area contributed by atoms with E-state index in [9.17, 15) is 18.0 Å². The number of ether oxygens (including phenoxy) is 1. The van der Waals surface area contributed by atoms with Gasteiger partial charge in [0.05, 0.1) is 18.1 Å². The number of sulfone groups is 1. The predicted octanol–water partition coefficient (Wildman–Crippen LogP) is 2.81. The predicted molar refractivity (Wildman–Crippen MR) is 118 cm³/mol. The maximum Gasteiger partial charge on any atom is 0.325 e. The van der Waals surface area contributed by atoms with Gasteiger partial charge in [0, 0.05) is 12.0 Å². The minimum atomic E-state index is -3.22. The SMILES string of the molecule is CC1C(=O)NC(=O)N1C/C=C/CCS(=O)(=O)CC1(c2cccc(OCC3CC3)c2)CC1. The Morgan fingerprint density at radius 3 is 2.65 bits per heavy atom. The summed E-state index contributed by atoms with van der Waals surface area (Å²) in [7, 11) is -3.22. The lowest BCUT2D eigenvalue weighted by Gasteiger charge is -2.17. The van der Waals surface area contributed by atoms with Gasteiger partial charge in [0.25, 0.3) is 5.91 Å². The summed E-state index contributed by atoms with van der Waals surface area (Å²) in [4.78, 5) is 24.6. The summed E-state index contributed by atoms with van der Waals surface area (Å²) in [5.41, 5.74) is 0.767. The number of nitrogens with zero attached hydrogens (tertiary/aromatic N) is 1. The zero-order chi connectivity index (χ0) is 22.1. The van der Waals surface area contributed by atoms with Gasteiger partial charge in [-0.1, -0.05) is 24.3 Å². The summed E-state index contributed by atoms with van der Waals surface area (Å²) >= 11 is 0. The van der Waals surface area contributed by atoms with E-state index in [1.165, 1.54) is 17.7 Å². The van der Waals surface area contributed by atoms with Crippen LogP contribution in [-0.4, -0.2) is 56.0 Å². The largest absolute Gasteiger partial charge is 0.493 e. The summed E-state index contributed by atoms with van der Waals surface area (Å²) < 4.78 is 31.4. The molecule has 1 N–H and O–H groups in total. The number of allylic oxidation sites excluding steroid dienone is 1. The molecule has 3 amide bonds. The molecule has 1 heterocycles. The number of amides is 3. The van der Waals surface area contributed by atoms with Crippen LogP contribution in [0.15, 0.2) is 36.4 Å².